The SMILES string of the molecule is C=CC(N)[C@H]1C[C@@H]1CO. The minimum Gasteiger partial charge on any atom is -0.396 e. The third-order valence-electron chi connectivity index (χ3n) is 1.98. The highest BCUT2D eigenvalue weighted by atomic mass is 16.3. The van der Waals surface area contributed by atoms with Crippen LogP contribution in [0.15, 0.2) is 12.7 Å². The van der Waals surface area contributed by atoms with E-state index in [0.717, 1.165) is 6.42 Å². The van der Waals surface area contributed by atoms with Crippen molar-refractivity contribution in [3.63, 3.8) is 0 Å². The van der Waals surface area contributed by atoms with Crippen LogP contribution in [0.4, 0.5) is 0 Å². The van der Waals surface area contributed by atoms with Crippen LogP contribution < -0.4 is 5.73 Å². The topological polar surface area (TPSA) is 46.2 Å². The lowest BCUT2D eigenvalue weighted by Gasteiger charge is -2.01. The summed E-state index contributed by atoms with van der Waals surface area (Å²) in [6, 6.07) is 0.0992. The van der Waals surface area contributed by atoms with E-state index in [1.54, 1.807) is 6.08 Å². The molecular formula is C7H13NO. The molecule has 0 spiro atoms. The summed E-state index contributed by atoms with van der Waals surface area (Å²) in [4.78, 5) is 0. The summed E-state index contributed by atoms with van der Waals surface area (Å²) in [5.41, 5.74) is 5.62. The van der Waals surface area contributed by atoms with Gasteiger partial charge in [0.1, 0.15) is 0 Å². The van der Waals surface area contributed by atoms with Gasteiger partial charge in [0.25, 0.3) is 0 Å². The Labute approximate surface area is 55.4 Å². The van der Waals surface area contributed by atoms with Crippen molar-refractivity contribution < 1.29 is 5.11 Å². The van der Waals surface area contributed by atoms with E-state index in [2.05, 4.69) is 6.58 Å². The number of rotatable bonds is 3. The maximum Gasteiger partial charge on any atom is 0.0462 e. The number of hydrogen-bond donors (Lipinski definition) is 2. The van der Waals surface area contributed by atoms with Gasteiger partial charge in [-0.2, -0.15) is 0 Å². The Morgan fingerprint density at radius 1 is 1.89 bits per heavy atom. The molecule has 1 rings (SSSR count). The van der Waals surface area contributed by atoms with E-state index in [1.165, 1.54) is 0 Å². The van der Waals surface area contributed by atoms with E-state index in [0.29, 0.717) is 11.8 Å². The van der Waals surface area contributed by atoms with Gasteiger partial charge in [0.2, 0.25) is 0 Å². The molecule has 2 heteroatoms. The Morgan fingerprint density at radius 3 is 2.89 bits per heavy atom. The van der Waals surface area contributed by atoms with Crippen molar-refractivity contribution in [2.45, 2.75) is 12.5 Å². The van der Waals surface area contributed by atoms with Crippen molar-refractivity contribution in [2.75, 3.05) is 6.61 Å². The Hall–Kier alpha value is -0.340. The summed E-state index contributed by atoms with van der Waals surface area (Å²) >= 11 is 0. The maximum atomic E-state index is 8.63. The summed E-state index contributed by atoms with van der Waals surface area (Å²) in [5, 5.41) is 8.63. The van der Waals surface area contributed by atoms with Crippen LogP contribution in [0, 0.1) is 11.8 Å². The number of hydrogen-bond acceptors (Lipinski definition) is 2. The summed E-state index contributed by atoms with van der Waals surface area (Å²) in [7, 11) is 0. The fraction of sp³-hybridized carbons (Fsp3) is 0.714. The van der Waals surface area contributed by atoms with Crippen molar-refractivity contribution in [1.82, 2.24) is 0 Å². The summed E-state index contributed by atoms with van der Waals surface area (Å²) < 4.78 is 0. The van der Waals surface area contributed by atoms with E-state index >= 15 is 0 Å². The zero-order valence-electron chi connectivity index (χ0n) is 5.46. The molecule has 0 radical (unpaired) electrons. The lowest BCUT2D eigenvalue weighted by molar-refractivity contribution is 0.267. The summed E-state index contributed by atoms with van der Waals surface area (Å²) in [5.74, 6) is 0.963. The molecule has 3 N–H and O–H groups in total. The largest absolute Gasteiger partial charge is 0.396 e. The molecular weight excluding hydrogens is 114 g/mol. The predicted molar refractivity (Wildman–Crippen MR) is 36.9 cm³/mol. The van der Waals surface area contributed by atoms with Crippen LogP contribution in [-0.2, 0) is 0 Å². The van der Waals surface area contributed by atoms with Crippen LogP contribution in [0.2, 0.25) is 0 Å². The lowest BCUT2D eigenvalue weighted by Crippen LogP contribution is -2.20. The molecule has 1 saturated carbocycles. The van der Waals surface area contributed by atoms with Gasteiger partial charge < -0.3 is 10.8 Å². The van der Waals surface area contributed by atoms with Gasteiger partial charge in [0.15, 0.2) is 0 Å². The van der Waals surface area contributed by atoms with E-state index in [4.69, 9.17) is 10.8 Å². The van der Waals surface area contributed by atoms with Crippen LogP contribution in [0.5, 0.6) is 0 Å². The molecule has 3 atom stereocenters. The molecule has 1 unspecified atom stereocenters. The minimum atomic E-state index is 0.0992. The average molecular weight is 127 g/mol. The Bertz CT molecular complexity index is 113. The molecule has 1 aliphatic rings. The standard InChI is InChI=1S/C7H13NO/c1-2-7(8)6-3-5(6)4-9/h2,5-7,9H,1,3-4,8H2/t5-,6+,7?/m1/s1. The van der Waals surface area contributed by atoms with Gasteiger partial charge in [-0.15, -0.1) is 6.58 Å². The molecule has 1 fully saturated rings. The third-order valence-corrected chi connectivity index (χ3v) is 1.98. The van der Waals surface area contributed by atoms with E-state index in [1.807, 2.05) is 0 Å². The maximum absolute atomic E-state index is 8.63. The molecule has 0 bridgehead atoms. The van der Waals surface area contributed by atoms with Crippen LogP contribution in [0.1, 0.15) is 6.42 Å². The Balaban J connectivity index is 2.24. The van der Waals surface area contributed by atoms with Crippen molar-refractivity contribution >= 4 is 0 Å². The quantitative estimate of drug-likeness (QED) is 0.529. The first kappa shape index (κ1) is 6.78. The zero-order chi connectivity index (χ0) is 6.85. The van der Waals surface area contributed by atoms with Crippen LogP contribution in [0.3, 0.4) is 0 Å². The first-order chi connectivity index (χ1) is 4.29. The van der Waals surface area contributed by atoms with Crippen molar-refractivity contribution in [2.24, 2.45) is 17.6 Å². The van der Waals surface area contributed by atoms with Crippen LogP contribution >= 0.6 is 0 Å². The Kier molecular flexibility index (Phi) is 1.88. The molecule has 0 aliphatic heterocycles. The predicted octanol–water partition coefficient (Wildman–Crippen LogP) is 0.128. The van der Waals surface area contributed by atoms with E-state index < -0.39 is 0 Å². The van der Waals surface area contributed by atoms with Crippen LogP contribution in [0.25, 0.3) is 0 Å². The van der Waals surface area contributed by atoms with Crippen molar-refractivity contribution in [1.29, 1.82) is 0 Å². The minimum absolute atomic E-state index is 0.0992. The van der Waals surface area contributed by atoms with Crippen molar-refractivity contribution in [3.8, 4) is 0 Å². The second-order valence-corrected chi connectivity index (χ2v) is 2.66. The highest BCUT2D eigenvalue weighted by Gasteiger charge is 2.39. The third kappa shape index (κ3) is 1.32. The highest BCUT2D eigenvalue weighted by Crippen LogP contribution is 2.39. The van der Waals surface area contributed by atoms with Gasteiger partial charge in [0.05, 0.1) is 0 Å². The first-order valence-corrected chi connectivity index (χ1v) is 3.28. The van der Waals surface area contributed by atoms with Gasteiger partial charge in [0, 0.05) is 12.6 Å². The summed E-state index contributed by atoms with van der Waals surface area (Å²) in [6.45, 7) is 3.87. The normalized spacial score (nSPS) is 35.8. The highest BCUT2D eigenvalue weighted by molar-refractivity contribution is 5.00. The molecule has 0 aromatic carbocycles. The number of aliphatic hydroxyl groups excluding tert-OH is 1. The second kappa shape index (κ2) is 2.50. The van der Waals surface area contributed by atoms with Gasteiger partial charge >= 0.3 is 0 Å². The fourth-order valence-corrected chi connectivity index (χ4v) is 1.13. The molecule has 0 heterocycles. The van der Waals surface area contributed by atoms with Gasteiger partial charge in [-0.05, 0) is 18.3 Å². The molecule has 9 heavy (non-hydrogen) atoms. The molecule has 0 saturated heterocycles. The van der Waals surface area contributed by atoms with Crippen molar-refractivity contribution in [3.05, 3.63) is 12.7 Å². The molecule has 0 aromatic heterocycles. The molecule has 0 aromatic rings. The Morgan fingerprint density at radius 2 is 2.56 bits per heavy atom. The molecule has 1 aliphatic carbocycles. The van der Waals surface area contributed by atoms with Gasteiger partial charge in [-0.25, -0.2) is 0 Å². The fourth-order valence-electron chi connectivity index (χ4n) is 1.13. The van der Waals surface area contributed by atoms with Gasteiger partial charge in [-0.1, -0.05) is 6.08 Å². The summed E-state index contributed by atoms with van der Waals surface area (Å²) in [6.07, 6.45) is 2.82. The zero-order valence-corrected chi connectivity index (χ0v) is 5.46. The first-order valence-electron chi connectivity index (χ1n) is 3.28. The lowest BCUT2D eigenvalue weighted by atomic mass is 10.2. The van der Waals surface area contributed by atoms with E-state index in [9.17, 15) is 0 Å². The average Bonchev–Trinajstić information content (AvgIpc) is 2.64. The van der Waals surface area contributed by atoms with Crippen LogP contribution in [-0.4, -0.2) is 17.8 Å². The molecule has 52 valence electrons. The monoisotopic (exact) mass is 127 g/mol. The molecule has 0 amide bonds. The van der Waals surface area contributed by atoms with E-state index in [-0.39, 0.29) is 12.6 Å². The van der Waals surface area contributed by atoms with Gasteiger partial charge in [-0.3, -0.25) is 0 Å². The smallest absolute Gasteiger partial charge is 0.0462 e. The second-order valence-electron chi connectivity index (χ2n) is 2.66. The number of aliphatic hydroxyl groups is 1. The number of nitrogens with two attached hydrogens (primary N) is 1. The molecule has 2 nitrogen and oxygen atoms in total.